The Kier molecular flexibility index (Phi) is 10.5. The molecule has 1 N–H and O–H groups in total. The van der Waals surface area contributed by atoms with Crippen molar-refractivity contribution in [1.29, 1.82) is 0 Å². The number of anilines is 1. The third-order valence-electron chi connectivity index (χ3n) is 6.47. The number of hydrogen-bond donors (Lipinski definition) is 1. The summed E-state index contributed by atoms with van der Waals surface area (Å²) >= 11 is 13.0. The van der Waals surface area contributed by atoms with Crippen molar-refractivity contribution in [1.82, 2.24) is 10.2 Å². The summed E-state index contributed by atoms with van der Waals surface area (Å²) in [5.74, 6) is -0.951. The van der Waals surface area contributed by atoms with Gasteiger partial charge in [0.05, 0.1) is 11.9 Å². The van der Waals surface area contributed by atoms with Crippen molar-refractivity contribution in [2.24, 2.45) is 0 Å². The Morgan fingerprint density at radius 3 is 2.10 bits per heavy atom. The quantitative estimate of drug-likeness (QED) is 0.305. The summed E-state index contributed by atoms with van der Waals surface area (Å²) < 4.78 is 27.2. The Labute approximate surface area is 253 Å². The number of carbonyl (C=O) groups is 2. The van der Waals surface area contributed by atoms with E-state index in [1.807, 2.05) is 70.2 Å². The molecule has 0 fully saturated rings. The predicted molar refractivity (Wildman–Crippen MR) is 167 cm³/mol. The lowest BCUT2D eigenvalue weighted by molar-refractivity contribution is -0.140. The molecule has 2 amide bonds. The van der Waals surface area contributed by atoms with Crippen molar-refractivity contribution >= 4 is 50.7 Å². The highest BCUT2D eigenvalue weighted by molar-refractivity contribution is 7.92. The van der Waals surface area contributed by atoms with E-state index < -0.39 is 34.1 Å². The molecule has 0 spiro atoms. The number of aryl methyl sites for hydroxylation is 2. The summed E-state index contributed by atoms with van der Waals surface area (Å²) in [5.41, 5.74) is 2.65. The average molecular weight is 619 g/mol. The summed E-state index contributed by atoms with van der Waals surface area (Å²) in [7, 11) is -3.88. The van der Waals surface area contributed by atoms with Gasteiger partial charge in [0, 0.05) is 34.1 Å². The van der Waals surface area contributed by atoms with Crippen molar-refractivity contribution in [3.8, 4) is 0 Å². The van der Waals surface area contributed by atoms with E-state index in [0.717, 1.165) is 21.7 Å². The maximum atomic E-state index is 14.3. The first-order chi connectivity index (χ1) is 19.1. The van der Waals surface area contributed by atoms with E-state index in [-0.39, 0.29) is 18.9 Å². The van der Waals surface area contributed by atoms with Gasteiger partial charge in [-0.15, -0.1) is 0 Å². The Bertz CT molecular complexity index is 1490. The lowest BCUT2D eigenvalue weighted by atomic mass is 10.0. The maximum Gasteiger partial charge on any atom is 0.244 e. The van der Waals surface area contributed by atoms with Gasteiger partial charge in [-0.2, -0.15) is 0 Å². The number of rotatable bonds is 10. The Hall–Kier alpha value is -3.07. The van der Waals surface area contributed by atoms with Gasteiger partial charge in [-0.1, -0.05) is 71.7 Å². The fourth-order valence-electron chi connectivity index (χ4n) is 4.44. The third kappa shape index (κ3) is 8.96. The number of carbonyl (C=O) groups excluding carboxylic acids is 2. The van der Waals surface area contributed by atoms with Crippen molar-refractivity contribution < 1.29 is 18.0 Å². The average Bonchev–Trinajstić information content (AvgIpc) is 2.86. The van der Waals surface area contributed by atoms with E-state index in [0.29, 0.717) is 26.9 Å². The van der Waals surface area contributed by atoms with Gasteiger partial charge in [0.25, 0.3) is 0 Å². The van der Waals surface area contributed by atoms with E-state index in [2.05, 4.69) is 5.32 Å². The molecule has 10 heteroatoms. The summed E-state index contributed by atoms with van der Waals surface area (Å²) in [5, 5.41) is 3.66. The molecule has 0 saturated heterocycles. The zero-order valence-electron chi connectivity index (χ0n) is 24.2. The van der Waals surface area contributed by atoms with Gasteiger partial charge in [0.1, 0.15) is 12.6 Å². The van der Waals surface area contributed by atoms with Crippen LogP contribution in [-0.2, 0) is 32.6 Å². The highest BCUT2D eigenvalue weighted by Crippen LogP contribution is 2.29. The van der Waals surface area contributed by atoms with Gasteiger partial charge < -0.3 is 10.2 Å². The SMILES string of the molecule is Cc1ccc(C)c(N(CC(=O)N(Cc2c(Cl)cccc2Cl)C(Cc2ccccc2)C(=O)NC(C)(C)C)S(C)(=O)=O)c1. The van der Waals surface area contributed by atoms with E-state index in [1.54, 1.807) is 31.2 Å². The second-order valence-corrected chi connectivity index (χ2v) is 13.9. The van der Waals surface area contributed by atoms with E-state index in [9.17, 15) is 18.0 Å². The lowest BCUT2D eigenvalue weighted by Gasteiger charge is -2.35. The molecule has 220 valence electrons. The second kappa shape index (κ2) is 13.3. The number of benzene rings is 3. The van der Waals surface area contributed by atoms with Gasteiger partial charge in [0.15, 0.2) is 0 Å². The Morgan fingerprint density at radius 2 is 1.54 bits per heavy atom. The topological polar surface area (TPSA) is 86.8 Å². The number of sulfonamides is 1. The van der Waals surface area contributed by atoms with E-state index in [4.69, 9.17) is 23.2 Å². The smallest absolute Gasteiger partial charge is 0.244 e. The number of nitrogens with zero attached hydrogens (tertiary/aromatic N) is 2. The first kappa shape index (κ1) is 32.4. The van der Waals surface area contributed by atoms with Gasteiger partial charge in [-0.05, 0) is 69.5 Å². The molecule has 7 nitrogen and oxygen atoms in total. The van der Waals surface area contributed by atoms with Gasteiger partial charge in [-0.3, -0.25) is 13.9 Å². The minimum absolute atomic E-state index is 0.100. The zero-order chi connectivity index (χ0) is 30.5. The number of nitrogens with one attached hydrogen (secondary N) is 1. The summed E-state index contributed by atoms with van der Waals surface area (Å²) in [6, 6.07) is 18.8. The standard InChI is InChI=1S/C31H37Cl2N3O4S/c1-21-15-16-22(2)27(17-21)36(41(6,39)40)20-29(37)35(19-24-25(32)13-10-14-26(24)33)28(30(38)34-31(3,4)5)18-23-11-8-7-9-12-23/h7-17,28H,18-20H2,1-6H3,(H,34,38). The van der Waals surface area contributed by atoms with Crippen LogP contribution in [0.4, 0.5) is 5.69 Å². The monoisotopic (exact) mass is 617 g/mol. The van der Waals surface area contributed by atoms with E-state index >= 15 is 0 Å². The van der Waals surface area contributed by atoms with Crippen LogP contribution in [0.15, 0.2) is 66.7 Å². The van der Waals surface area contributed by atoms with Crippen LogP contribution in [0.3, 0.4) is 0 Å². The molecule has 0 radical (unpaired) electrons. The Morgan fingerprint density at radius 1 is 0.927 bits per heavy atom. The van der Waals surface area contributed by atoms with Crippen LogP contribution in [0.2, 0.25) is 10.0 Å². The molecular formula is C31H37Cl2N3O4S. The zero-order valence-corrected chi connectivity index (χ0v) is 26.6. The molecular weight excluding hydrogens is 581 g/mol. The lowest BCUT2D eigenvalue weighted by Crippen LogP contribution is -2.56. The van der Waals surface area contributed by atoms with Crippen LogP contribution in [0.5, 0.6) is 0 Å². The highest BCUT2D eigenvalue weighted by Gasteiger charge is 2.35. The van der Waals surface area contributed by atoms with Crippen LogP contribution >= 0.6 is 23.2 Å². The Balaban J connectivity index is 2.15. The van der Waals surface area contributed by atoms with Crippen LogP contribution in [0.1, 0.15) is 43.0 Å². The molecule has 0 aliphatic carbocycles. The summed E-state index contributed by atoms with van der Waals surface area (Å²) in [6.45, 7) is 8.59. The molecule has 0 aromatic heterocycles. The molecule has 0 saturated carbocycles. The van der Waals surface area contributed by atoms with Gasteiger partial charge >= 0.3 is 0 Å². The predicted octanol–water partition coefficient (Wildman–Crippen LogP) is 5.93. The minimum Gasteiger partial charge on any atom is -0.350 e. The largest absolute Gasteiger partial charge is 0.350 e. The number of amides is 2. The molecule has 1 unspecified atom stereocenters. The fourth-order valence-corrected chi connectivity index (χ4v) is 5.86. The molecule has 0 heterocycles. The second-order valence-electron chi connectivity index (χ2n) is 11.2. The minimum atomic E-state index is -3.88. The fraction of sp³-hybridized carbons (Fsp3) is 0.355. The highest BCUT2D eigenvalue weighted by atomic mass is 35.5. The van der Waals surface area contributed by atoms with Crippen LogP contribution in [-0.4, -0.2) is 49.5 Å². The third-order valence-corrected chi connectivity index (χ3v) is 8.31. The molecule has 3 rings (SSSR count). The first-order valence-corrected chi connectivity index (χ1v) is 15.8. The van der Waals surface area contributed by atoms with Crippen molar-refractivity contribution in [2.75, 3.05) is 17.1 Å². The number of halogens is 2. The maximum absolute atomic E-state index is 14.3. The van der Waals surface area contributed by atoms with Crippen molar-refractivity contribution in [3.63, 3.8) is 0 Å². The summed E-state index contributed by atoms with van der Waals surface area (Å²) in [6.07, 6.45) is 1.25. The first-order valence-electron chi connectivity index (χ1n) is 13.2. The summed E-state index contributed by atoms with van der Waals surface area (Å²) in [4.78, 5) is 29.4. The van der Waals surface area contributed by atoms with Crippen LogP contribution < -0.4 is 9.62 Å². The molecule has 0 bridgehead atoms. The molecule has 3 aromatic rings. The van der Waals surface area contributed by atoms with Crippen molar-refractivity contribution in [3.05, 3.63) is 99.0 Å². The molecule has 41 heavy (non-hydrogen) atoms. The molecule has 0 aliphatic rings. The van der Waals surface area contributed by atoms with Crippen molar-refractivity contribution in [2.45, 2.75) is 59.2 Å². The molecule has 1 atom stereocenters. The van der Waals surface area contributed by atoms with Gasteiger partial charge in [0.2, 0.25) is 21.8 Å². The van der Waals surface area contributed by atoms with E-state index in [1.165, 1.54) is 4.90 Å². The number of hydrogen-bond acceptors (Lipinski definition) is 4. The molecule has 3 aromatic carbocycles. The van der Waals surface area contributed by atoms with Gasteiger partial charge in [-0.25, -0.2) is 8.42 Å². The normalized spacial score (nSPS) is 12.5. The van der Waals surface area contributed by atoms with Crippen LogP contribution in [0.25, 0.3) is 0 Å². The van der Waals surface area contributed by atoms with Crippen LogP contribution in [0, 0.1) is 13.8 Å². The molecule has 0 aliphatic heterocycles.